The number of hydrogen-bond donors (Lipinski definition) is 3. The number of carbonyl (C=O) groups excluding carboxylic acids is 1. The molecule has 152 valence electrons. The van der Waals surface area contributed by atoms with Gasteiger partial charge in [0.1, 0.15) is 0 Å². The molecule has 4 N–H and O–H groups in total. The van der Waals surface area contributed by atoms with E-state index < -0.39 is 11.6 Å². The molecule has 5 nitrogen and oxygen atoms in total. The summed E-state index contributed by atoms with van der Waals surface area (Å²) in [6.45, 7) is 7.08. The van der Waals surface area contributed by atoms with Gasteiger partial charge in [0.05, 0.1) is 5.60 Å². The van der Waals surface area contributed by atoms with Crippen LogP contribution < -0.4 is 11.2 Å². The fourth-order valence-corrected chi connectivity index (χ4v) is 7.99. The Labute approximate surface area is 163 Å². The molecule has 7 atom stereocenters. The summed E-state index contributed by atoms with van der Waals surface area (Å²) < 4.78 is 0. The fraction of sp³-hybridized carbons (Fsp3) is 0.909. The number of hydrogen-bond acceptors (Lipinski definition) is 3. The molecule has 0 aromatic rings. The maximum absolute atomic E-state index is 11.3. The van der Waals surface area contributed by atoms with Crippen molar-refractivity contribution in [2.75, 3.05) is 0 Å². The number of carbonyl (C=O) groups is 1. The minimum atomic E-state index is -0.573. The molecule has 0 radical (unpaired) electrons. The normalized spacial score (nSPS) is 50.6. The summed E-state index contributed by atoms with van der Waals surface area (Å²) in [5.74, 6) is 2.90. The predicted molar refractivity (Wildman–Crippen MR) is 107 cm³/mol. The van der Waals surface area contributed by atoms with Gasteiger partial charge < -0.3 is 10.8 Å². The van der Waals surface area contributed by atoms with Crippen LogP contribution in [0.3, 0.4) is 0 Å². The van der Waals surface area contributed by atoms with Crippen LogP contribution >= 0.6 is 0 Å². The Balaban J connectivity index is 1.54. The molecule has 0 bridgehead atoms. The van der Waals surface area contributed by atoms with E-state index in [0.29, 0.717) is 17.3 Å². The summed E-state index contributed by atoms with van der Waals surface area (Å²) in [7, 11) is 0. The summed E-state index contributed by atoms with van der Waals surface area (Å²) >= 11 is 0. The molecule has 0 aromatic heterocycles. The summed E-state index contributed by atoms with van der Waals surface area (Å²) in [6.07, 6.45) is 11.2. The number of aliphatic hydroxyl groups is 1. The zero-order valence-electron chi connectivity index (χ0n) is 17.3. The van der Waals surface area contributed by atoms with E-state index in [0.717, 1.165) is 43.2 Å². The van der Waals surface area contributed by atoms with Gasteiger partial charge in [0.25, 0.3) is 0 Å². The van der Waals surface area contributed by atoms with E-state index in [-0.39, 0.29) is 5.41 Å². The van der Waals surface area contributed by atoms with Gasteiger partial charge in [-0.15, -0.1) is 0 Å². The first-order valence-corrected chi connectivity index (χ1v) is 11.1. The van der Waals surface area contributed by atoms with Gasteiger partial charge in [-0.2, -0.15) is 5.10 Å². The third-order valence-electron chi connectivity index (χ3n) is 9.73. The van der Waals surface area contributed by atoms with Crippen molar-refractivity contribution in [2.45, 2.75) is 90.6 Å². The van der Waals surface area contributed by atoms with E-state index in [4.69, 9.17) is 5.73 Å². The second kappa shape index (κ2) is 6.47. The molecule has 27 heavy (non-hydrogen) atoms. The zero-order valence-corrected chi connectivity index (χ0v) is 17.3. The minimum absolute atomic E-state index is 0.110. The molecular formula is C22H37N3O2. The van der Waals surface area contributed by atoms with Crippen molar-refractivity contribution in [2.24, 2.45) is 45.3 Å². The lowest BCUT2D eigenvalue weighted by molar-refractivity contribution is -0.147. The number of amides is 2. The lowest BCUT2D eigenvalue weighted by Gasteiger charge is -2.61. The summed E-state index contributed by atoms with van der Waals surface area (Å²) in [5, 5.41) is 15.6. The Bertz CT molecular complexity index is 649. The van der Waals surface area contributed by atoms with Crippen molar-refractivity contribution >= 4 is 11.7 Å². The van der Waals surface area contributed by atoms with E-state index in [1.165, 1.54) is 38.5 Å². The Morgan fingerprint density at radius 2 is 1.93 bits per heavy atom. The van der Waals surface area contributed by atoms with Crippen LogP contribution in [0.5, 0.6) is 0 Å². The fourth-order valence-electron chi connectivity index (χ4n) is 7.99. The third-order valence-corrected chi connectivity index (χ3v) is 9.73. The average molecular weight is 376 g/mol. The Hall–Kier alpha value is -1.10. The van der Waals surface area contributed by atoms with Gasteiger partial charge in [-0.3, -0.25) is 0 Å². The zero-order chi connectivity index (χ0) is 19.4. The first-order chi connectivity index (χ1) is 12.7. The number of urea groups is 1. The van der Waals surface area contributed by atoms with Crippen molar-refractivity contribution in [1.82, 2.24) is 5.43 Å². The maximum Gasteiger partial charge on any atom is 0.332 e. The highest BCUT2D eigenvalue weighted by atomic mass is 16.3. The highest BCUT2D eigenvalue weighted by Crippen LogP contribution is 2.68. The molecule has 0 spiro atoms. The van der Waals surface area contributed by atoms with E-state index in [2.05, 4.69) is 31.3 Å². The number of nitrogens with two attached hydrogens (primary N) is 1. The van der Waals surface area contributed by atoms with Crippen molar-refractivity contribution in [1.29, 1.82) is 0 Å². The van der Waals surface area contributed by atoms with Crippen LogP contribution in [0.15, 0.2) is 5.10 Å². The largest absolute Gasteiger partial charge is 0.389 e. The second-order valence-electron chi connectivity index (χ2n) is 10.4. The summed E-state index contributed by atoms with van der Waals surface area (Å²) in [6, 6.07) is -0.573. The van der Waals surface area contributed by atoms with Gasteiger partial charge >= 0.3 is 6.03 Å². The van der Waals surface area contributed by atoms with E-state index in [9.17, 15) is 9.90 Å². The number of fused-ring (bicyclic) bond motifs is 5. The van der Waals surface area contributed by atoms with Gasteiger partial charge in [-0.05, 0) is 98.7 Å². The SMILES string of the molecule is CC[C@]1(O)CC[C@H]2[C@H]3CC[C@H]4C/C(=N/NC(N)=O)CC[C@]4(C)[C@@H]3CC[C@@]21C. The van der Waals surface area contributed by atoms with Crippen LogP contribution in [0.1, 0.15) is 85.0 Å². The van der Waals surface area contributed by atoms with Crippen molar-refractivity contribution < 1.29 is 9.90 Å². The van der Waals surface area contributed by atoms with Crippen molar-refractivity contribution in [3.05, 3.63) is 0 Å². The van der Waals surface area contributed by atoms with Crippen LogP contribution in [0.4, 0.5) is 4.79 Å². The van der Waals surface area contributed by atoms with E-state index in [1.54, 1.807) is 0 Å². The standard InChI is InChI=1S/C22H37N3O2/c1-4-22(27)12-9-18-16-6-5-14-13-15(24-25-19(23)26)7-10-20(14,2)17(16)8-11-21(18,22)3/h14,16-18,27H,4-13H2,1-3H3,(H3,23,25,26)/b24-15+/t14-,16-,17+,18-,20-,21-,22-/m0/s1. The number of primary amides is 1. The van der Waals surface area contributed by atoms with E-state index >= 15 is 0 Å². The van der Waals surface area contributed by atoms with Gasteiger partial charge in [-0.25, -0.2) is 10.2 Å². The van der Waals surface area contributed by atoms with Crippen molar-refractivity contribution in [3.63, 3.8) is 0 Å². The molecular weight excluding hydrogens is 338 g/mol. The van der Waals surface area contributed by atoms with Crippen LogP contribution in [0.25, 0.3) is 0 Å². The predicted octanol–water partition coefficient (Wildman–Crippen LogP) is 4.19. The molecule has 5 heteroatoms. The molecule has 4 aliphatic carbocycles. The lowest BCUT2D eigenvalue weighted by Crippen LogP contribution is -2.56. The molecule has 2 amide bonds. The maximum atomic E-state index is 11.3. The highest BCUT2D eigenvalue weighted by molar-refractivity contribution is 5.87. The molecule has 0 aliphatic heterocycles. The minimum Gasteiger partial charge on any atom is -0.389 e. The number of nitrogens with zero attached hydrogens (tertiary/aromatic N) is 1. The second-order valence-corrected chi connectivity index (χ2v) is 10.4. The molecule has 0 saturated heterocycles. The van der Waals surface area contributed by atoms with Crippen LogP contribution in [0, 0.1) is 34.5 Å². The molecule has 4 rings (SSSR count). The van der Waals surface area contributed by atoms with Crippen molar-refractivity contribution in [3.8, 4) is 0 Å². The average Bonchev–Trinajstić information content (AvgIpc) is 2.91. The van der Waals surface area contributed by atoms with Gasteiger partial charge in [0.15, 0.2) is 0 Å². The summed E-state index contributed by atoms with van der Waals surface area (Å²) in [5.41, 5.74) is 8.75. The lowest BCUT2D eigenvalue weighted by atomic mass is 9.44. The van der Waals surface area contributed by atoms with Gasteiger partial charge in [0.2, 0.25) is 0 Å². The van der Waals surface area contributed by atoms with Crippen LogP contribution in [-0.2, 0) is 0 Å². The molecule has 0 unspecified atom stereocenters. The Morgan fingerprint density at radius 3 is 2.63 bits per heavy atom. The van der Waals surface area contributed by atoms with E-state index in [1.807, 2.05) is 0 Å². The Kier molecular flexibility index (Phi) is 4.60. The number of hydrazone groups is 1. The smallest absolute Gasteiger partial charge is 0.332 e. The molecule has 0 heterocycles. The van der Waals surface area contributed by atoms with Crippen LogP contribution in [-0.4, -0.2) is 22.5 Å². The Morgan fingerprint density at radius 1 is 1.19 bits per heavy atom. The van der Waals surface area contributed by atoms with Gasteiger partial charge in [-0.1, -0.05) is 20.8 Å². The molecule has 4 fully saturated rings. The number of rotatable bonds is 2. The quantitative estimate of drug-likeness (QED) is 0.632. The molecule has 4 aliphatic rings. The van der Waals surface area contributed by atoms with Gasteiger partial charge in [0, 0.05) is 5.71 Å². The first-order valence-electron chi connectivity index (χ1n) is 11.1. The topological polar surface area (TPSA) is 87.7 Å². The third kappa shape index (κ3) is 2.75. The number of nitrogens with one attached hydrogen (secondary N) is 1. The summed E-state index contributed by atoms with van der Waals surface area (Å²) in [4.78, 5) is 11.0. The van der Waals surface area contributed by atoms with Crippen LogP contribution in [0.2, 0.25) is 0 Å². The first kappa shape index (κ1) is 19.2. The molecule has 4 saturated carbocycles. The monoisotopic (exact) mass is 375 g/mol. The molecule has 0 aromatic carbocycles. The highest BCUT2D eigenvalue weighted by Gasteiger charge is 2.63.